The van der Waals surface area contributed by atoms with E-state index >= 15 is 0 Å². The van der Waals surface area contributed by atoms with Crippen molar-refractivity contribution in [3.63, 3.8) is 0 Å². The molecule has 0 aliphatic carbocycles. The Kier molecular flexibility index (Phi) is 6.09. The van der Waals surface area contributed by atoms with Gasteiger partial charge in [-0.05, 0) is 56.2 Å². The molecular formula is C28H25N3O3S. The van der Waals surface area contributed by atoms with Crippen LogP contribution in [0.15, 0.2) is 72.1 Å². The van der Waals surface area contributed by atoms with Gasteiger partial charge in [0, 0.05) is 22.2 Å². The minimum Gasteiger partial charge on any atom is -0.479 e. The van der Waals surface area contributed by atoms with Crippen LogP contribution in [-0.4, -0.2) is 29.4 Å². The number of ether oxygens (including phenoxy) is 1. The Morgan fingerprint density at radius 2 is 1.86 bits per heavy atom. The summed E-state index contributed by atoms with van der Waals surface area (Å²) < 4.78 is 5.83. The molecule has 1 aliphatic heterocycles. The molecule has 35 heavy (non-hydrogen) atoms. The summed E-state index contributed by atoms with van der Waals surface area (Å²) in [5.74, 6) is 0.0467. The first-order chi connectivity index (χ1) is 16.9. The normalized spacial score (nSPS) is 14.9. The lowest BCUT2D eigenvalue weighted by atomic mass is 10.1. The van der Waals surface area contributed by atoms with Gasteiger partial charge in [0.25, 0.3) is 5.91 Å². The van der Waals surface area contributed by atoms with E-state index in [9.17, 15) is 9.59 Å². The minimum absolute atomic E-state index is 0.108. The van der Waals surface area contributed by atoms with Gasteiger partial charge in [-0.25, -0.2) is 4.98 Å². The van der Waals surface area contributed by atoms with E-state index < -0.39 is 6.10 Å². The molecule has 2 amide bonds. The summed E-state index contributed by atoms with van der Waals surface area (Å²) in [6.07, 6.45) is -0.675. The molecule has 3 aromatic carbocycles. The third-order valence-electron chi connectivity index (χ3n) is 5.96. The van der Waals surface area contributed by atoms with Crippen molar-refractivity contribution < 1.29 is 14.3 Å². The number of fused-ring (bicyclic) bond motifs is 1. The molecule has 2 heterocycles. The largest absolute Gasteiger partial charge is 0.479 e. The van der Waals surface area contributed by atoms with Crippen molar-refractivity contribution in [2.75, 3.05) is 16.8 Å². The highest BCUT2D eigenvalue weighted by Gasteiger charge is 2.33. The van der Waals surface area contributed by atoms with Crippen LogP contribution in [0, 0.1) is 13.8 Å². The highest BCUT2D eigenvalue weighted by molar-refractivity contribution is 7.13. The third-order valence-corrected chi connectivity index (χ3v) is 6.85. The first-order valence-electron chi connectivity index (χ1n) is 11.4. The SMILES string of the molecule is Cc1ccc(C)c(NC(=O)CN2C(=O)C(C)Oc3ccc(-c4csc(-c5ccccc5)n4)cc32)c1. The van der Waals surface area contributed by atoms with E-state index in [4.69, 9.17) is 9.72 Å². The monoisotopic (exact) mass is 483 g/mol. The number of benzene rings is 3. The van der Waals surface area contributed by atoms with Gasteiger partial charge >= 0.3 is 0 Å². The maximum Gasteiger partial charge on any atom is 0.268 e. The molecule has 1 aliphatic rings. The number of nitrogens with zero attached hydrogens (tertiary/aromatic N) is 2. The molecule has 1 atom stereocenters. The van der Waals surface area contributed by atoms with Crippen molar-refractivity contribution in [1.82, 2.24) is 4.98 Å². The van der Waals surface area contributed by atoms with E-state index in [1.807, 2.05) is 86.0 Å². The van der Waals surface area contributed by atoms with Gasteiger partial charge in [0.1, 0.15) is 17.3 Å². The molecule has 4 aromatic rings. The van der Waals surface area contributed by atoms with Crippen LogP contribution >= 0.6 is 11.3 Å². The molecule has 0 saturated carbocycles. The maximum atomic E-state index is 13.0. The molecule has 0 spiro atoms. The zero-order valence-corrected chi connectivity index (χ0v) is 20.6. The number of carbonyl (C=O) groups excluding carboxylic acids is 2. The van der Waals surface area contributed by atoms with Gasteiger partial charge in [-0.3, -0.25) is 14.5 Å². The summed E-state index contributed by atoms with van der Waals surface area (Å²) in [6, 6.07) is 21.5. The first kappa shape index (κ1) is 22.8. The van der Waals surface area contributed by atoms with Gasteiger partial charge in [0.05, 0.1) is 11.4 Å². The van der Waals surface area contributed by atoms with Crippen molar-refractivity contribution in [3.05, 3.63) is 83.2 Å². The van der Waals surface area contributed by atoms with Crippen LogP contribution in [0.25, 0.3) is 21.8 Å². The van der Waals surface area contributed by atoms with Gasteiger partial charge in [-0.2, -0.15) is 0 Å². The predicted octanol–water partition coefficient (Wildman–Crippen LogP) is 5.85. The molecule has 0 saturated heterocycles. The predicted molar refractivity (Wildman–Crippen MR) is 140 cm³/mol. The minimum atomic E-state index is -0.675. The van der Waals surface area contributed by atoms with Crippen molar-refractivity contribution >= 4 is 34.5 Å². The second-order valence-corrected chi connectivity index (χ2v) is 9.50. The van der Waals surface area contributed by atoms with Crippen LogP contribution in [0.4, 0.5) is 11.4 Å². The average Bonchev–Trinajstić information content (AvgIpc) is 3.35. The first-order valence-corrected chi connectivity index (χ1v) is 12.3. The van der Waals surface area contributed by atoms with Crippen LogP contribution in [0.3, 0.4) is 0 Å². The topological polar surface area (TPSA) is 71.5 Å². The highest BCUT2D eigenvalue weighted by atomic mass is 32.1. The number of hydrogen-bond acceptors (Lipinski definition) is 5. The molecule has 0 bridgehead atoms. The van der Waals surface area contributed by atoms with Crippen molar-refractivity contribution in [3.8, 4) is 27.6 Å². The summed E-state index contributed by atoms with van der Waals surface area (Å²) in [6.45, 7) is 5.50. The molecule has 176 valence electrons. The van der Waals surface area contributed by atoms with Crippen LogP contribution in [-0.2, 0) is 9.59 Å². The second-order valence-electron chi connectivity index (χ2n) is 8.64. The zero-order chi connectivity index (χ0) is 24.5. The number of nitrogens with one attached hydrogen (secondary N) is 1. The van der Waals surface area contributed by atoms with Crippen LogP contribution in [0.5, 0.6) is 5.75 Å². The fourth-order valence-corrected chi connectivity index (χ4v) is 4.89. The van der Waals surface area contributed by atoms with Crippen molar-refractivity contribution in [2.24, 2.45) is 0 Å². The zero-order valence-electron chi connectivity index (χ0n) is 19.7. The number of hydrogen-bond donors (Lipinski definition) is 1. The van der Waals surface area contributed by atoms with E-state index in [2.05, 4.69) is 5.32 Å². The molecule has 1 aromatic heterocycles. The summed E-state index contributed by atoms with van der Waals surface area (Å²) in [7, 11) is 0. The Hall–Kier alpha value is -3.97. The Balaban J connectivity index is 1.43. The van der Waals surface area contributed by atoms with Crippen molar-refractivity contribution in [1.29, 1.82) is 0 Å². The standard InChI is InChI=1S/C28H25N3O3S/c1-17-9-10-18(2)22(13-17)29-26(32)15-31-24-14-21(11-12-25(24)34-19(3)28(31)33)23-16-35-27(30-23)20-7-5-4-6-8-20/h4-14,16,19H,15H2,1-3H3,(H,29,32). The number of carbonyl (C=O) groups is 2. The average molecular weight is 484 g/mol. The van der Waals surface area contributed by atoms with Gasteiger partial charge in [-0.1, -0.05) is 42.5 Å². The van der Waals surface area contributed by atoms with Gasteiger partial charge in [-0.15, -0.1) is 11.3 Å². The Morgan fingerprint density at radius 3 is 2.66 bits per heavy atom. The van der Waals surface area contributed by atoms with Crippen LogP contribution in [0.2, 0.25) is 0 Å². The highest BCUT2D eigenvalue weighted by Crippen LogP contribution is 2.38. The summed E-state index contributed by atoms with van der Waals surface area (Å²) in [5, 5.41) is 5.86. The number of thiazole rings is 1. The maximum absolute atomic E-state index is 13.0. The lowest BCUT2D eigenvalue weighted by Crippen LogP contribution is -2.47. The molecule has 0 radical (unpaired) electrons. The molecule has 0 fully saturated rings. The number of amides is 2. The summed E-state index contributed by atoms with van der Waals surface area (Å²) in [4.78, 5) is 32.3. The van der Waals surface area contributed by atoms with E-state index in [0.29, 0.717) is 11.4 Å². The van der Waals surface area contributed by atoms with Crippen molar-refractivity contribution in [2.45, 2.75) is 26.9 Å². The lowest BCUT2D eigenvalue weighted by molar-refractivity contribution is -0.127. The Morgan fingerprint density at radius 1 is 1.06 bits per heavy atom. The second kappa shape index (κ2) is 9.35. The fourth-order valence-electron chi connectivity index (χ4n) is 4.05. The van der Waals surface area contributed by atoms with E-state index in [-0.39, 0.29) is 18.4 Å². The van der Waals surface area contributed by atoms with Gasteiger partial charge in [0.15, 0.2) is 6.10 Å². The molecule has 6 nitrogen and oxygen atoms in total. The quantitative estimate of drug-likeness (QED) is 0.387. The summed E-state index contributed by atoms with van der Waals surface area (Å²) in [5.41, 5.74) is 6.04. The molecule has 1 unspecified atom stereocenters. The third kappa shape index (κ3) is 4.68. The Bertz CT molecular complexity index is 1410. The van der Waals surface area contributed by atoms with Gasteiger partial charge < -0.3 is 10.1 Å². The lowest BCUT2D eigenvalue weighted by Gasteiger charge is -2.33. The smallest absolute Gasteiger partial charge is 0.268 e. The van der Waals surface area contributed by atoms with E-state index in [0.717, 1.165) is 38.6 Å². The van der Waals surface area contributed by atoms with E-state index in [1.165, 1.54) is 4.90 Å². The van der Waals surface area contributed by atoms with Crippen LogP contribution < -0.4 is 15.0 Å². The van der Waals surface area contributed by atoms with Gasteiger partial charge in [0.2, 0.25) is 5.91 Å². The van der Waals surface area contributed by atoms with E-state index in [1.54, 1.807) is 18.3 Å². The molecule has 7 heteroatoms. The Labute approximate surface area is 208 Å². The number of aromatic nitrogens is 1. The molecule has 5 rings (SSSR count). The number of anilines is 2. The van der Waals surface area contributed by atoms with Crippen LogP contribution in [0.1, 0.15) is 18.1 Å². The molecular weight excluding hydrogens is 458 g/mol. The number of rotatable bonds is 5. The number of aryl methyl sites for hydroxylation is 2. The molecule has 1 N–H and O–H groups in total. The summed E-state index contributed by atoms with van der Waals surface area (Å²) >= 11 is 1.56. The fraction of sp³-hybridized carbons (Fsp3) is 0.179.